The smallest absolute Gasteiger partial charge is 0.315 e. The predicted octanol–water partition coefficient (Wildman–Crippen LogP) is 0.480. The number of carbonyl (C=O) groups excluding carboxylic acids is 1. The van der Waals surface area contributed by atoms with E-state index in [1.165, 1.54) is 6.20 Å². The maximum absolute atomic E-state index is 12.1. The summed E-state index contributed by atoms with van der Waals surface area (Å²) in [5.41, 5.74) is 0.197. The van der Waals surface area contributed by atoms with Crippen molar-refractivity contribution in [3.63, 3.8) is 0 Å². The van der Waals surface area contributed by atoms with Crippen molar-refractivity contribution in [1.29, 1.82) is 0 Å². The minimum absolute atomic E-state index is 0.0187. The van der Waals surface area contributed by atoms with Gasteiger partial charge in [-0.1, -0.05) is 11.6 Å². The van der Waals surface area contributed by atoms with Crippen LogP contribution in [0.4, 0.5) is 10.5 Å². The number of hydrogen-bond donors (Lipinski definition) is 3. The summed E-state index contributed by atoms with van der Waals surface area (Å²) in [6, 6.07) is 0.0386. The SMILES string of the molecule is O=C(NC1CCOCC1)N[C@@H]1CCN(c2cn[nH]c(=O)c2Cl)C1. The molecule has 0 spiro atoms. The Morgan fingerprint density at radius 3 is 2.83 bits per heavy atom. The van der Waals surface area contributed by atoms with Gasteiger partial charge >= 0.3 is 6.03 Å². The van der Waals surface area contributed by atoms with Gasteiger partial charge in [0.05, 0.1) is 11.9 Å². The maximum atomic E-state index is 12.1. The number of aromatic nitrogens is 2. The fraction of sp³-hybridized carbons (Fsp3) is 0.643. The summed E-state index contributed by atoms with van der Waals surface area (Å²) in [5, 5.41) is 12.2. The van der Waals surface area contributed by atoms with Crippen molar-refractivity contribution in [3.05, 3.63) is 21.6 Å². The van der Waals surface area contributed by atoms with Crippen LogP contribution in [0, 0.1) is 0 Å². The van der Waals surface area contributed by atoms with Crippen LogP contribution in [0.15, 0.2) is 11.0 Å². The van der Waals surface area contributed by atoms with Gasteiger partial charge in [-0.3, -0.25) is 4.79 Å². The van der Waals surface area contributed by atoms with E-state index < -0.39 is 5.56 Å². The standard InChI is InChI=1S/C14H20ClN5O3/c15-12-11(7-16-19-13(12)21)20-4-1-10(8-20)18-14(22)17-9-2-5-23-6-3-9/h7,9-10H,1-6,8H2,(H,19,21)(H2,17,18,22)/t10-/m1/s1. The Labute approximate surface area is 138 Å². The highest BCUT2D eigenvalue weighted by atomic mass is 35.5. The minimum atomic E-state index is -0.405. The molecule has 2 aliphatic rings. The number of hydrogen-bond acceptors (Lipinski definition) is 5. The van der Waals surface area contributed by atoms with E-state index in [-0.39, 0.29) is 23.1 Å². The van der Waals surface area contributed by atoms with Gasteiger partial charge in [-0.05, 0) is 19.3 Å². The summed E-state index contributed by atoms with van der Waals surface area (Å²) in [6.07, 6.45) is 4.02. The zero-order chi connectivity index (χ0) is 16.2. The number of nitrogens with zero attached hydrogens (tertiary/aromatic N) is 2. The first-order valence-corrected chi connectivity index (χ1v) is 8.14. The molecule has 0 bridgehead atoms. The first-order chi connectivity index (χ1) is 11.1. The lowest BCUT2D eigenvalue weighted by Gasteiger charge is -2.24. The Morgan fingerprint density at radius 2 is 2.04 bits per heavy atom. The van der Waals surface area contributed by atoms with Gasteiger partial charge in [0.15, 0.2) is 0 Å². The van der Waals surface area contributed by atoms with Crippen molar-refractivity contribution in [2.75, 3.05) is 31.2 Å². The second-order valence-corrected chi connectivity index (χ2v) is 6.21. The Balaban J connectivity index is 1.52. The summed E-state index contributed by atoms with van der Waals surface area (Å²) < 4.78 is 5.27. The third-order valence-electron chi connectivity index (χ3n) is 4.20. The molecule has 1 aromatic rings. The summed E-state index contributed by atoms with van der Waals surface area (Å²) in [4.78, 5) is 25.5. The van der Waals surface area contributed by atoms with E-state index in [9.17, 15) is 9.59 Å². The van der Waals surface area contributed by atoms with Crippen molar-refractivity contribution in [1.82, 2.24) is 20.8 Å². The molecular formula is C14H20ClN5O3. The van der Waals surface area contributed by atoms with E-state index in [2.05, 4.69) is 20.8 Å². The highest BCUT2D eigenvalue weighted by Crippen LogP contribution is 2.24. The number of rotatable bonds is 3. The molecule has 9 heteroatoms. The number of carbonyl (C=O) groups is 1. The number of urea groups is 1. The first kappa shape index (κ1) is 16.1. The van der Waals surface area contributed by atoms with Gasteiger partial charge in [0.2, 0.25) is 0 Å². The summed E-state index contributed by atoms with van der Waals surface area (Å²) in [6.45, 7) is 2.70. The normalized spacial score (nSPS) is 22.1. The van der Waals surface area contributed by atoms with Crippen molar-refractivity contribution in [2.45, 2.75) is 31.3 Å². The van der Waals surface area contributed by atoms with Crippen LogP contribution in [0.1, 0.15) is 19.3 Å². The molecule has 0 saturated carbocycles. The van der Waals surface area contributed by atoms with Crippen LogP contribution in [-0.2, 0) is 4.74 Å². The molecular weight excluding hydrogens is 322 g/mol. The van der Waals surface area contributed by atoms with E-state index in [4.69, 9.17) is 16.3 Å². The molecule has 3 N–H and O–H groups in total. The second-order valence-electron chi connectivity index (χ2n) is 5.83. The van der Waals surface area contributed by atoms with E-state index in [1.54, 1.807) is 0 Å². The highest BCUT2D eigenvalue weighted by Gasteiger charge is 2.27. The van der Waals surface area contributed by atoms with E-state index in [0.29, 0.717) is 32.0 Å². The molecule has 2 saturated heterocycles. The van der Waals surface area contributed by atoms with Gasteiger partial charge < -0.3 is 20.3 Å². The van der Waals surface area contributed by atoms with Crippen LogP contribution in [0.2, 0.25) is 5.02 Å². The molecule has 0 aromatic carbocycles. The molecule has 1 atom stereocenters. The second kappa shape index (κ2) is 7.18. The fourth-order valence-electron chi connectivity index (χ4n) is 2.95. The average Bonchev–Trinajstić information content (AvgIpc) is 2.99. The molecule has 3 heterocycles. The number of anilines is 1. The van der Waals surface area contributed by atoms with Crippen molar-refractivity contribution >= 4 is 23.3 Å². The van der Waals surface area contributed by atoms with Crippen LogP contribution >= 0.6 is 11.6 Å². The number of halogens is 1. The zero-order valence-corrected chi connectivity index (χ0v) is 13.4. The largest absolute Gasteiger partial charge is 0.381 e. The van der Waals surface area contributed by atoms with Gasteiger partial charge in [-0.25, -0.2) is 9.89 Å². The zero-order valence-electron chi connectivity index (χ0n) is 12.7. The fourth-order valence-corrected chi connectivity index (χ4v) is 3.16. The predicted molar refractivity (Wildman–Crippen MR) is 86.0 cm³/mol. The Kier molecular flexibility index (Phi) is 5.02. The van der Waals surface area contributed by atoms with E-state index in [0.717, 1.165) is 19.3 Å². The van der Waals surface area contributed by atoms with Crippen LogP contribution in [0.25, 0.3) is 0 Å². The third kappa shape index (κ3) is 3.94. The van der Waals surface area contributed by atoms with Crippen LogP contribution in [-0.4, -0.2) is 54.6 Å². The topological polar surface area (TPSA) is 99.3 Å². The lowest BCUT2D eigenvalue weighted by Crippen LogP contribution is -2.48. The van der Waals surface area contributed by atoms with E-state index >= 15 is 0 Å². The molecule has 23 heavy (non-hydrogen) atoms. The van der Waals surface area contributed by atoms with Crippen LogP contribution in [0.5, 0.6) is 0 Å². The van der Waals surface area contributed by atoms with Crippen molar-refractivity contribution in [2.24, 2.45) is 0 Å². The number of aromatic amines is 1. The van der Waals surface area contributed by atoms with Crippen LogP contribution < -0.4 is 21.1 Å². The lowest BCUT2D eigenvalue weighted by molar-refractivity contribution is 0.0800. The van der Waals surface area contributed by atoms with Gasteiger partial charge in [-0.2, -0.15) is 5.10 Å². The number of amides is 2. The summed E-state index contributed by atoms with van der Waals surface area (Å²) >= 11 is 6.02. The van der Waals surface area contributed by atoms with Crippen molar-refractivity contribution in [3.8, 4) is 0 Å². The quantitative estimate of drug-likeness (QED) is 0.742. The molecule has 2 aliphatic heterocycles. The summed E-state index contributed by atoms with van der Waals surface area (Å²) in [5.74, 6) is 0. The van der Waals surface area contributed by atoms with E-state index in [1.807, 2.05) is 4.90 Å². The van der Waals surface area contributed by atoms with Gasteiger partial charge in [0.1, 0.15) is 5.02 Å². The van der Waals surface area contributed by atoms with Gasteiger partial charge in [-0.15, -0.1) is 0 Å². The number of ether oxygens (including phenoxy) is 1. The molecule has 0 unspecified atom stereocenters. The number of nitrogens with one attached hydrogen (secondary N) is 3. The molecule has 8 nitrogen and oxygen atoms in total. The van der Waals surface area contributed by atoms with Gasteiger partial charge in [0.25, 0.3) is 5.56 Å². The van der Waals surface area contributed by atoms with Crippen LogP contribution in [0.3, 0.4) is 0 Å². The lowest BCUT2D eigenvalue weighted by atomic mass is 10.1. The maximum Gasteiger partial charge on any atom is 0.315 e. The average molecular weight is 342 g/mol. The molecule has 2 amide bonds. The molecule has 126 valence electrons. The number of H-pyrrole nitrogens is 1. The molecule has 2 fully saturated rings. The third-order valence-corrected chi connectivity index (χ3v) is 4.56. The monoisotopic (exact) mass is 341 g/mol. The molecule has 0 aliphatic carbocycles. The van der Waals surface area contributed by atoms with Gasteiger partial charge in [0, 0.05) is 38.4 Å². The Bertz CT molecular complexity index is 617. The summed E-state index contributed by atoms with van der Waals surface area (Å²) in [7, 11) is 0. The van der Waals surface area contributed by atoms with Crippen molar-refractivity contribution < 1.29 is 9.53 Å². The first-order valence-electron chi connectivity index (χ1n) is 7.76. The molecule has 0 radical (unpaired) electrons. The highest BCUT2D eigenvalue weighted by molar-refractivity contribution is 6.33. The Morgan fingerprint density at radius 1 is 1.30 bits per heavy atom. The Hall–Kier alpha value is -1.80. The molecule has 1 aromatic heterocycles. The molecule has 3 rings (SSSR count). The minimum Gasteiger partial charge on any atom is -0.381 e.